The normalized spacial score (nSPS) is 12.0. The van der Waals surface area contributed by atoms with Crippen LogP contribution in [0.1, 0.15) is 28.5 Å². The van der Waals surface area contributed by atoms with Crippen LogP contribution in [-0.4, -0.2) is 22.9 Å². The van der Waals surface area contributed by atoms with Gasteiger partial charge >= 0.3 is 0 Å². The van der Waals surface area contributed by atoms with Gasteiger partial charge in [0.05, 0.1) is 0 Å². The fourth-order valence-corrected chi connectivity index (χ4v) is 3.39. The van der Waals surface area contributed by atoms with E-state index in [1.807, 2.05) is 68.4 Å². The molecule has 0 saturated heterocycles. The second-order valence-electron chi connectivity index (χ2n) is 7.35. The van der Waals surface area contributed by atoms with E-state index >= 15 is 0 Å². The van der Waals surface area contributed by atoms with E-state index in [0.717, 1.165) is 32.9 Å². The minimum absolute atomic E-state index is 0.388. The lowest BCUT2D eigenvalue weighted by molar-refractivity contribution is -0.128. The predicted molar refractivity (Wildman–Crippen MR) is 117 cm³/mol. The minimum Gasteiger partial charge on any atom is -0.481 e. The summed E-state index contributed by atoms with van der Waals surface area (Å²) in [7, 11) is 0. The number of hydrogen-bond donors (Lipinski definition) is 3. The van der Waals surface area contributed by atoms with E-state index in [-0.39, 0.29) is 5.91 Å². The maximum Gasteiger partial charge on any atom is 0.279 e. The summed E-state index contributed by atoms with van der Waals surface area (Å²) in [5.74, 6) is -0.237. The number of amides is 2. The number of nitrogens with one attached hydrogen (secondary N) is 3. The average molecular weight is 401 g/mol. The molecular formula is C24H23N3O3. The van der Waals surface area contributed by atoms with E-state index in [0.29, 0.717) is 11.3 Å². The van der Waals surface area contributed by atoms with Crippen molar-refractivity contribution in [2.24, 2.45) is 0 Å². The van der Waals surface area contributed by atoms with E-state index in [9.17, 15) is 9.59 Å². The van der Waals surface area contributed by atoms with Gasteiger partial charge < -0.3 is 9.72 Å². The number of H-pyrrole nitrogens is 1. The largest absolute Gasteiger partial charge is 0.481 e. The molecule has 0 fully saturated rings. The van der Waals surface area contributed by atoms with E-state index in [2.05, 4.69) is 15.8 Å². The van der Waals surface area contributed by atoms with Gasteiger partial charge in [-0.1, -0.05) is 30.3 Å². The summed E-state index contributed by atoms with van der Waals surface area (Å²) in [6, 6.07) is 18.9. The number of fused-ring (bicyclic) bond motifs is 2. The van der Waals surface area contributed by atoms with Crippen LogP contribution in [-0.2, 0) is 4.79 Å². The van der Waals surface area contributed by atoms with Crippen molar-refractivity contribution in [1.29, 1.82) is 0 Å². The Bertz CT molecular complexity index is 1260. The molecule has 0 aliphatic heterocycles. The van der Waals surface area contributed by atoms with Gasteiger partial charge in [-0.2, -0.15) is 0 Å². The van der Waals surface area contributed by atoms with Gasteiger partial charge in [0.2, 0.25) is 0 Å². The highest BCUT2D eigenvalue weighted by molar-refractivity contribution is 5.99. The van der Waals surface area contributed by atoms with E-state index in [4.69, 9.17) is 4.74 Å². The van der Waals surface area contributed by atoms with Crippen molar-refractivity contribution in [1.82, 2.24) is 15.8 Å². The monoisotopic (exact) mass is 401 g/mol. The number of aromatic amines is 1. The smallest absolute Gasteiger partial charge is 0.279 e. The first-order chi connectivity index (χ1) is 14.4. The van der Waals surface area contributed by atoms with Gasteiger partial charge in [0, 0.05) is 22.2 Å². The Morgan fingerprint density at radius 3 is 2.50 bits per heavy atom. The number of hydrogen-bond acceptors (Lipinski definition) is 3. The van der Waals surface area contributed by atoms with Crippen LogP contribution in [0.3, 0.4) is 0 Å². The molecule has 152 valence electrons. The molecule has 0 spiro atoms. The molecule has 6 nitrogen and oxygen atoms in total. The Balaban J connectivity index is 1.38. The van der Waals surface area contributed by atoms with Crippen LogP contribution < -0.4 is 15.6 Å². The van der Waals surface area contributed by atoms with Crippen molar-refractivity contribution in [3.63, 3.8) is 0 Å². The first-order valence-corrected chi connectivity index (χ1v) is 9.77. The lowest BCUT2D eigenvalue weighted by atomic mass is 10.1. The minimum atomic E-state index is -0.775. The molecular weight excluding hydrogens is 378 g/mol. The topological polar surface area (TPSA) is 83.2 Å². The number of carbonyl (C=O) groups is 2. The fourth-order valence-electron chi connectivity index (χ4n) is 3.39. The maximum atomic E-state index is 12.5. The summed E-state index contributed by atoms with van der Waals surface area (Å²) in [5.41, 5.74) is 8.50. The number of ether oxygens (including phenoxy) is 1. The molecule has 3 aromatic carbocycles. The Labute approximate surface area is 174 Å². The molecule has 30 heavy (non-hydrogen) atoms. The molecule has 1 heterocycles. The first-order valence-electron chi connectivity index (χ1n) is 9.77. The van der Waals surface area contributed by atoms with Crippen molar-refractivity contribution >= 4 is 33.5 Å². The Kier molecular flexibility index (Phi) is 5.14. The number of benzene rings is 3. The number of aryl methyl sites for hydroxylation is 2. The third kappa shape index (κ3) is 3.85. The molecule has 1 aromatic heterocycles. The molecule has 0 saturated carbocycles. The van der Waals surface area contributed by atoms with Crippen molar-refractivity contribution < 1.29 is 14.3 Å². The third-order valence-corrected chi connectivity index (χ3v) is 5.27. The van der Waals surface area contributed by atoms with Crippen LogP contribution in [0, 0.1) is 13.8 Å². The van der Waals surface area contributed by atoms with Crippen LogP contribution in [0.4, 0.5) is 0 Å². The lowest BCUT2D eigenvalue weighted by Gasteiger charge is -2.15. The highest BCUT2D eigenvalue weighted by atomic mass is 16.5. The van der Waals surface area contributed by atoms with Crippen molar-refractivity contribution in [2.45, 2.75) is 26.9 Å². The van der Waals surface area contributed by atoms with Crippen LogP contribution in [0.15, 0.2) is 60.7 Å². The first kappa shape index (κ1) is 19.5. The highest BCUT2D eigenvalue weighted by Crippen LogP contribution is 2.23. The Morgan fingerprint density at radius 1 is 0.933 bits per heavy atom. The zero-order valence-electron chi connectivity index (χ0n) is 17.1. The third-order valence-electron chi connectivity index (χ3n) is 5.27. The van der Waals surface area contributed by atoms with Crippen LogP contribution >= 0.6 is 0 Å². The zero-order chi connectivity index (χ0) is 21.3. The highest BCUT2D eigenvalue weighted by Gasteiger charge is 2.17. The molecule has 2 amide bonds. The molecule has 4 aromatic rings. The van der Waals surface area contributed by atoms with Crippen molar-refractivity contribution in [2.75, 3.05) is 0 Å². The summed E-state index contributed by atoms with van der Waals surface area (Å²) < 4.78 is 5.73. The zero-order valence-corrected chi connectivity index (χ0v) is 17.1. The van der Waals surface area contributed by atoms with Crippen LogP contribution in [0.25, 0.3) is 21.7 Å². The van der Waals surface area contributed by atoms with Crippen LogP contribution in [0.2, 0.25) is 0 Å². The van der Waals surface area contributed by atoms with Gasteiger partial charge in [-0.05, 0) is 67.4 Å². The van der Waals surface area contributed by atoms with E-state index in [1.165, 1.54) is 0 Å². The molecule has 0 bridgehead atoms. The van der Waals surface area contributed by atoms with Crippen molar-refractivity contribution in [3.05, 3.63) is 77.5 Å². The SMILES string of the molecule is Cc1[nH]c2ccc(C(=O)NNC(=O)C(C)Oc3ccc4ccccc4c3)cc2c1C. The molecule has 6 heteroatoms. The fraction of sp³-hybridized carbons (Fsp3) is 0.167. The molecule has 0 aliphatic rings. The van der Waals surface area contributed by atoms with Gasteiger partial charge in [0.1, 0.15) is 5.75 Å². The summed E-state index contributed by atoms with van der Waals surface area (Å²) in [6.45, 7) is 5.63. The summed E-state index contributed by atoms with van der Waals surface area (Å²) in [4.78, 5) is 28.1. The molecule has 4 rings (SSSR count). The van der Waals surface area contributed by atoms with E-state index < -0.39 is 12.0 Å². The summed E-state index contributed by atoms with van der Waals surface area (Å²) in [6.07, 6.45) is -0.775. The molecule has 1 atom stereocenters. The number of rotatable bonds is 4. The van der Waals surface area contributed by atoms with Gasteiger partial charge in [-0.3, -0.25) is 20.4 Å². The number of hydrazine groups is 1. The molecule has 0 radical (unpaired) electrons. The molecule has 3 N–H and O–H groups in total. The lowest BCUT2D eigenvalue weighted by Crippen LogP contribution is -2.47. The number of carbonyl (C=O) groups excluding carboxylic acids is 2. The molecule has 0 aliphatic carbocycles. The second-order valence-corrected chi connectivity index (χ2v) is 7.35. The Morgan fingerprint density at radius 2 is 1.70 bits per heavy atom. The standard InChI is InChI=1S/C24H23N3O3/c1-14-15(2)25-22-11-9-19(13-21(14)22)24(29)27-26-23(28)16(3)30-20-10-8-17-6-4-5-7-18(17)12-20/h4-13,16,25H,1-3H3,(H,26,28)(H,27,29). The van der Waals surface area contributed by atoms with Crippen molar-refractivity contribution in [3.8, 4) is 5.75 Å². The van der Waals surface area contributed by atoms with Gasteiger partial charge in [-0.15, -0.1) is 0 Å². The maximum absolute atomic E-state index is 12.5. The van der Waals surface area contributed by atoms with Crippen LogP contribution in [0.5, 0.6) is 5.75 Å². The number of aromatic nitrogens is 1. The van der Waals surface area contributed by atoms with Gasteiger partial charge in [0.25, 0.3) is 11.8 Å². The average Bonchev–Trinajstić information content (AvgIpc) is 3.04. The predicted octanol–water partition coefficient (Wildman–Crippen LogP) is 4.17. The second kappa shape index (κ2) is 7.91. The van der Waals surface area contributed by atoms with E-state index in [1.54, 1.807) is 13.0 Å². The Hall–Kier alpha value is -3.80. The summed E-state index contributed by atoms with van der Waals surface area (Å²) >= 11 is 0. The molecule has 1 unspecified atom stereocenters. The summed E-state index contributed by atoms with van der Waals surface area (Å²) in [5, 5.41) is 3.11. The van der Waals surface area contributed by atoms with Gasteiger partial charge in [0.15, 0.2) is 6.10 Å². The quantitative estimate of drug-likeness (QED) is 0.449. The van der Waals surface area contributed by atoms with Gasteiger partial charge in [-0.25, -0.2) is 0 Å².